The van der Waals surface area contributed by atoms with Gasteiger partial charge in [0.1, 0.15) is 0 Å². The average Bonchev–Trinajstić information content (AvgIpc) is 2.94. The molecule has 4 heteroatoms. The molecule has 0 aliphatic heterocycles. The highest BCUT2D eigenvalue weighted by Crippen LogP contribution is 2.29. The summed E-state index contributed by atoms with van der Waals surface area (Å²) in [6.45, 7) is 0.945. The Morgan fingerprint density at radius 2 is 2.06 bits per heavy atom. The summed E-state index contributed by atoms with van der Waals surface area (Å²) in [5.74, 6) is 0. The normalized spacial score (nSPS) is 11.2. The number of halogens is 2. The zero-order valence-electron chi connectivity index (χ0n) is 9.57. The Morgan fingerprint density at radius 1 is 1.17 bits per heavy atom. The molecule has 0 aliphatic carbocycles. The third-order valence-corrected chi connectivity index (χ3v) is 4.45. The van der Waals surface area contributed by atoms with Crippen LogP contribution in [0.1, 0.15) is 4.88 Å². The van der Waals surface area contributed by atoms with Crippen molar-refractivity contribution in [2.75, 3.05) is 0 Å². The highest BCUT2D eigenvalue weighted by Gasteiger charge is 2.06. The Bertz CT molecular complexity index is 670. The minimum Gasteiger partial charge on any atom is -0.347 e. The van der Waals surface area contributed by atoms with Crippen molar-refractivity contribution in [1.29, 1.82) is 0 Å². The number of rotatable bonds is 3. The molecule has 2 heterocycles. The molecule has 3 aromatic rings. The second-order valence-electron chi connectivity index (χ2n) is 4.16. The summed E-state index contributed by atoms with van der Waals surface area (Å²) in [6.07, 6.45) is 3.10. The molecule has 0 unspecified atom stereocenters. The van der Waals surface area contributed by atoms with Crippen LogP contribution in [0.2, 0.25) is 10.0 Å². The lowest BCUT2D eigenvalue weighted by atomic mass is 10.2. The molecule has 2 aromatic heterocycles. The fourth-order valence-electron chi connectivity index (χ4n) is 2.10. The Labute approximate surface area is 120 Å². The molecule has 0 aliphatic rings. The van der Waals surface area contributed by atoms with Crippen molar-refractivity contribution < 1.29 is 0 Å². The Hall–Kier alpha value is -0.960. The first-order chi connectivity index (χ1) is 8.74. The Morgan fingerprint density at radius 3 is 2.83 bits per heavy atom. The van der Waals surface area contributed by atoms with Crippen molar-refractivity contribution in [3.8, 4) is 0 Å². The molecule has 18 heavy (non-hydrogen) atoms. The largest absolute Gasteiger partial charge is 0.347 e. The lowest BCUT2D eigenvalue weighted by molar-refractivity contribution is 0.730. The van der Waals surface area contributed by atoms with Crippen LogP contribution >= 0.6 is 34.5 Å². The molecule has 0 atom stereocenters. The average molecular weight is 296 g/mol. The van der Waals surface area contributed by atoms with Crippen LogP contribution in [-0.2, 0) is 13.0 Å². The molecular formula is C14H11Cl2NS. The SMILES string of the molecule is Clc1cc(Cl)c2ccn(CCc3cccs3)c2c1. The molecule has 0 radical (unpaired) electrons. The van der Waals surface area contributed by atoms with Crippen molar-refractivity contribution in [3.63, 3.8) is 0 Å². The first-order valence-electron chi connectivity index (χ1n) is 5.70. The quantitative estimate of drug-likeness (QED) is 0.622. The third-order valence-electron chi connectivity index (χ3n) is 2.98. The first-order valence-corrected chi connectivity index (χ1v) is 7.34. The first kappa shape index (κ1) is 12.1. The smallest absolute Gasteiger partial charge is 0.0514 e. The molecule has 0 saturated heterocycles. The summed E-state index contributed by atoms with van der Waals surface area (Å²) in [5, 5.41) is 4.57. The highest BCUT2D eigenvalue weighted by atomic mass is 35.5. The molecule has 0 bridgehead atoms. The fourth-order valence-corrected chi connectivity index (χ4v) is 3.34. The predicted molar refractivity (Wildman–Crippen MR) is 80.0 cm³/mol. The molecule has 0 N–H and O–H groups in total. The van der Waals surface area contributed by atoms with Crippen molar-refractivity contribution in [1.82, 2.24) is 4.57 Å². The molecule has 0 saturated carbocycles. The van der Waals surface area contributed by atoms with E-state index in [2.05, 4.69) is 28.3 Å². The van der Waals surface area contributed by atoms with E-state index in [9.17, 15) is 0 Å². The van der Waals surface area contributed by atoms with Crippen LogP contribution in [0, 0.1) is 0 Å². The predicted octanol–water partition coefficient (Wildman–Crippen LogP) is 5.25. The molecular weight excluding hydrogens is 285 g/mol. The van der Waals surface area contributed by atoms with Gasteiger partial charge in [-0.3, -0.25) is 0 Å². The Kier molecular flexibility index (Phi) is 3.33. The van der Waals surface area contributed by atoms with E-state index in [0.717, 1.165) is 23.9 Å². The minimum atomic E-state index is 0.684. The van der Waals surface area contributed by atoms with Gasteiger partial charge in [-0.1, -0.05) is 29.3 Å². The number of hydrogen-bond acceptors (Lipinski definition) is 1. The molecule has 1 aromatic carbocycles. The van der Waals surface area contributed by atoms with Crippen LogP contribution in [0.3, 0.4) is 0 Å². The van der Waals surface area contributed by atoms with Crippen LogP contribution in [0.15, 0.2) is 41.9 Å². The summed E-state index contributed by atoms with van der Waals surface area (Å²) < 4.78 is 2.20. The van der Waals surface area contributed by atoms with Gasteiger partial charge in [-0.15, -0.1) is 11.3 Å². The number of hydrogen-bond donors (Lipinski definition) is 0. The van der Waals surface area contributed by atoms with E-state index in [1.807, 2.05) is 12.1 Å². The molecule has 3 rings (SSSR count). The van der Waals surface area contributed by atoms with Gasteiger partial charge < -0.3 is 4.57 Å². The van der Waals surface area contributed by atoms with Crippen molar-refractivity contribution in [3.05, 3.63) is 56.8 Å². The van der Waals surface area contributed by atoms with E-state index in [1.54, 1.807) is 17.4 Å². The van der Waals surface area contributed by atoms with Crippen LogP contribution < -0.4 is 0 Å². The number of benzene rings is 1. The van der Waals surface area contributed by atoms with Gasteiger partial charge in [0.05, 0.1) is 10.5 Å². The van der Waals surface area contributed by atoms with E-state index in [0.29, 0.717) is 10.0 Å². The summed E-state index contributed by atoms with van der Waals surface area (Å²) in [7, 11) is 0. The fraction of sp³-hybridized carbons (Fsp3) is 0.143. The minimum absolute atomic E-state index is 0.684. The second kappa shape index (κ2) is 4.96. The maximum absolute atomic E-state index is 6.18. The molecule has 1 nitrogen and oxygen atoms in total. The van der Waals surface area contributed by atoms with E-state index in [4.69, 9.17) is 23.2 Å². The van der Waals surface area contributed by atoms with Gasteiger partial charge in [-0.25, -0.2) is 0 Å². The van der Waals surface area contributed by atoms with Gasteiger partial charge in [0, 0.05) is 28.0 Å². The maximum atomic E-state index is 6.18. The summed E-state index contributed by atoms with van der Waals surface area (Å²) >= 11 is 14.0. The number of aryl methyl sites for hydroxylation is 2. The zero-order valence-corrected chi connectivity index (χ0v) is 11.9. The molecule has 92 valence electrons. The Balaban J connectivity index is 1.92. The van der Waals surface area contributed by atoms with E-state index < -0.39 is 0 Å². The zero-order chi connectivity index (χ0) is 12.5. The number of nitrogens with zero attached hydrogens (tertiary/aromatic N) is 1. The van der Waals surface area contributed by atoms with Crippen LogP contribution in [0.4, 0.5) is 0 Å². The van der Waals surface area contributed by atoms with Gasteiger partial charge >= 0.3 is 0 Å². The molecule has 0 amide bonds. The maximum Gasteiger partial charge on any atom is 0.0514 e. The van der Waals surface area contributed by atoms with E-state index in [1.165, 1.54) is 4.88 Å². The number of aromatic nitrogens is 1. The van der Waals surface area contributed by atoms with Gasteiger partial charge in [-0.2, -0.15) is 0 Å². The lowest BCUT2D eigenvalue weighted by Crippen LogP contribution is -1.98. The van der Waals surface area contributed by atoms with Crippen molar-refractivity contribution in [2.45, 2.75) is 13.0 Å². The monoisotopic (exact) mass is 295 g/mol. The van der Waals surface area contributed by atoms with Crippen molar-refractivity contribution in [2.24, 2.45) is 0 Å². The highest BCUT2D eigenvalue weighted by molar-refractivity contribution is 7.09. The van der Waals surface area contributed by atoms with Crippen molar-refractivity contribution >= 4 is 45.4 Å². The summed E-state index contributed by atoms with van der Waals surface area (Å²) in [6, 6.07) is 10.0. The van der Waals surface area contributed by atoms with Gasteiger partial charge in [-0.05, 0) is 36.1 Å². The van der Waals surface area contributed by atoms with E-state index >= 15 is 0 Å². The van der Waals surface area contributed by atoms with E-state index in [-0.39, 0.29) is 0 Å². The topological polar surface area (TPSA) is 4.93 Å². The van der Waals surface area contributed by atoms with Gasteiger partial charge in [0.25, 0.3) is 0 Å². The second-order valence-corrected chi connectivity index (χ2v) is 6.03. The number of thiophene rings is 1. The number of fused-ring (bicyclic) bond motifs is 1. The van der Waals surface area contributed by atoms with Crippen LogP contribution in [0.25, 0.3) is 10.9 Å². The summed E-state index contributed by atoms with van der Waals surface area (Å²) in [4.78, 5) is 1.39. The lowest BCUT2D eigenvalue weighted by Gasteiger charge is -2.05. The van der Waals surface area contributed by atoms with Gasteiger partial charge in [0.2, 0.25) is 0 Å². The van der Waals surface area contributed by atoms with Crippen LogP contribution in [0.5, 0.6) is 0 Å². The standard InChI is InChI=1S/C14H11Cl2NS/c15-10-8-13(16)12-4-6-17(14(12)9-10)5-3-11-2-1-7-18-11/h1-2,4,6-9H,3,5H2. The van der Waals surface area contributed by atoms with Gasteiger partial charge in [0.15, 0.2) is 0 Å². The molecule has 0 fully saturated rings. The summed E-state index contributed by atoms with van der Waals surface area (Å²) in [5.41, 5.74) is 1.10. The molecule has 0 spiro atoms. The third kappa shape index (κ3) is 2.28. The van der Waals surface area contributed by atoms with Crippen LogP contribution in [-0.4, -0.2) is 4.57 Å².